The summed E-state index contributed by atoms with van der Waals surface area (Å²) in [7, 11) is 0. The van der Waals surface area contributed by atoms with Crippen molar-refractivity contribution in [3.8, 4) is 0 Å². The predicted octanol–water partition coefficient (Wildman–Crippen LogP) is 4.12. The lowest BCUT2D eigenvalue weighted by molar-refractivity contribution is -0.140. The van der Waals surface area contributed by atoms with Crippen LogP contribution in [-0.4, -0.2) is 11.7 Å². The van der Waals surface area contributed by atoms with Crippen LogP contribution in [0.5, 0.6) is 0 Å². The molecule has 0 saturated heterocycles. The molecule has 0 atom stereocenters. The summed E-state index contributed by atoms with van der Waals surface area (Å²) in [6.45, 7) is 3.14. The standard InChI is InChI=1S/C16H15NO2S/c1-12(17-19-13(2)18)14-8-10-16(11-9-14)20-15-6-4-3-5-7-15/h3-11H,1-2H3/b17-12+. The monoisotopic (exact) mass is 285 g/mol. The summed E-state index contributed by atoms with van der Waals surface area (Å²) >= 11 is 1.70. The zero-order chi connectivity index (χ0) is 14.4. The summed E-state index contributed by atoms with van der Waals surface area (Å²) in [6.07, 6.45) is 0. The molecule has 4 heteroatoms. The van der Waals surface area contributed by atoms with Crippen molar-refractivity contribution in [3.63, 3.8) is 0 Å². The number of rotatable bonds is 4. The average Bonchev–Trinajstić information content (AvgIpc) is 2.46. The zero-order valence-electron chi connectivity index (χ0n) is 11.4. The molecular formula is C16H15NO2S. The Hall–Kier alpha value is -2.07. The van der Waals surface area contributed by atoms with Gasteiger partial charge in [0.15, 0.2) is 0 Å². The van der Waals surface area contributed by atoms with Crippen LogP contribution in [-0.2, 0) is 9.63 Å². The van der Waals surface area contributed by atoms with Gasteiger partial charge in [-0.05, 0) is 36.8 Å². The van der Waals surface area contributed by atoms with Crippen molar-refractivity contribution in [2.75, 3.05) is 0 Å². The number of benzene rings is 2. The van der Waals surface area contributed by atoms with Gasteiger partial charge in [-0.3, -0.25) is 0 Å². The van der Waals surface area contributed by atoms with E-state index in [9.17, 15) is 4.79 Å². The topological polar surface area (TPSA) is 38.7 Å². The van der Waals surface area contributed by atoms with Crippen LogP contribution in [0.25, 0.3) is 0 Å². The highest BCUT2D eigenvalue weighted by Crippen LogP contribution is 2.27. The van der Waals surface area contributed by atoms with Crippen LogP contribution >= 0.6 is 11.8 Å². The second-order valence-electron chi connectivity index (χ2n) is 4.20. The van der Waals surface area contributed by atoms with E-state index in [1.54, 1.807) is 11.8 Å². The highest BCUT2D eigenvalue weighted by molar-refractivity contribution is 7.99. The quantitative estimate of drug-likeness (QED) is 0.482. The lowest BCUT2D eigenvalue weighted by Gasteiger charge is -2.04. The molecule has 0 saturated carbocycles. The van der Waals surface area contributed by atoms with Crippen LogP contribution in [0.2, 0.25) is 0 Å². The van der Waals surface area contributed by atoms with Gasteiger partial charge in [-0.15, -0.1) is 0 Å². The molecule has 0 N–H and O–H groups in total. The van der Waals surface area contributed by atoms with Gasteiger partial charge in [0.25, 0.3) is 0 Å². The Balaban J connectivity index is 2.06. The average molecular weight is 285 g/mol. The Morgan fingerprint density at radius 2 is 1.55 bits per heavy atom. The van der Waals surface area contributed by atoms with Gasteiger partial charge in [0.2, 0.25) is 0 Å². The normalized spacial score (nSPS) is 11.2. The molecule has 0 amide bonds. The van der Waals surface area contributed by atoms with E-state index >= 15 is 0 Å². The van der Waals surface area contributed by atoms with Crippen molar-refractivity contribution >= 4 is 23.4 Å². The predicted molar refractivity (Wildman–Crippen MR) is 81.0 cm³/mol. The maximum absolute atomic E-state index is 10.7. The number of carbonyl (C=O) groups excluding carboxylic acids is 1. The van der Waals surface area contributed by atoms with Gasteiger partial charge in [0.1, 0.15) is 0 Å². The second kappa shape index (κ2) is 6.91. The molecule has 0 aromatic heterocycles. The van der Waals surface area contributed by atoms with E-state index in [1.807, 2.05) is 49.4 Å². The van der Waals surface area contributed by atoms with Gasteiger partial charge in [0.05, 0.1) is 5.71 Å². The molecule has 0 bridgehead atoms. The molecule has 2 aromatic carbocycles. The minimum Gasteiger partial charge on any atom is -0.318 e. The van der Waals surface area contributed by atoms with Crippen molar-refractivity contribution in [1.82, 2.24) is 0 Å². The van der Waals surface area contributed by atoms with Crippen molar-refractivity contribution in [1.29, 1.82) is 0 Å². The van der Waals surface area contributed by atoms with E-state index in [-0.39, 0.29) is 0 Å². The molecule has 2 aromatic rings. The van der Waals surface area contributed by atoms with Gasteiger partial charge in [-0.2, -0.15) is 0 Å². The third-order valence-corrected chi connectivity index (χ3v) is 3.58. The van der Waals surface area contributed by atoms with Gasteiger partial charge >= 0.3 is 5.97 Å². The number of carbonyl (C=O) groups is 1. The van der Waals surface area contributed by atoms with Crippen LogP contribution in [0, 0.1) is 0 Å². The second-order valence-corrected chi connectivity index (χ2v) is 5.35. The molecule has 0 aliphatic rings. The third-order valence-electron chi connectivity index (χ3n) is 2.56. The van der Waals surface area contributed by atoms with Crippen molar-refractivity contribution < 1.29 is 9.63 Å². The van der Waals surface area contributed by atoms with Crippen LogP contribution in [0.1, 0.15) is 19.4 Å². The van der Waals surface area contributed by atoms with Crippen LogP contribution in [0.15, 0.2) is 69.5 Å². The first-order valence-corrected chi connectivity index (χ1v) is 7.02. The van der Waals surface area contributed by atoms with Crippen LogP contribution < -0.4 is 0 Å². The zero-order valence-corrected chi connectivity index (χ0v) is 12.2. The van der Waals surface area contributed by atoms with Crippen molar-refractivity contribution in [3.05, 3.63) is 60.2 Å². The molecule has 2 rings (SSSR count). The minimum absolute atomic E-state index is 0.416. The molecule has 0 radical (unpaired) electrons. The highest BCUT2D eigenvalue weighted by Gasteiger charge is 2.01. The number of hydrogen-bond donors (Lipinski definition) is 0. The van der Waals surface area contributed by atoms with Gasteiger partial charge < -0.3 is 4.84 Å². The summed E-state index contributed by atoms with van der Waals surface area (Å²) in [5.74, 6) is -0.416. The lowest BCUT2D eigenvalue weighted by Crippen LogP contribution is -1.99. The molecule has 20 heavy (non-hydrogen) atoms. The van der Waals surface area contributed by atoms with Crippen LogP contribution in [0.4, 0.5) is 0 Å². The maximum Gasteiger partial charge on any atom is 0.331 e. The van der Waals surface area contributed by atoms with E-state index in [0.717, 1.165) is 10.5 Å². The third kappa shape index (κ3) is 4.24. The molecular weight excluding hydrogens is 270 g/mol. The lowest BCUT2D eigenvalue weighted by atomic mass is 10.1. The van der Waals surface area contributed by atoms with E-state index < -0.39 is 5.97 Å². The minimum atomic E-state index is -0.416. The first-order valence-electron chi connectivity index (χ1n) is 6.20. The molecule has 0 spiro atoms. The smallest absolute Gasteiger partial charge is 0.318 e. The first kappa shape index (κ1) is 14.3. The SMILES string of the molecule is CC(=O)O/N=C(\C)c1ccc(Sc2ccccc2)cc1. The molecule has 0 heterocycles. The van der Waals surface area contributed by atoms with Crippen molar-refractivity contribution in [2.45, 2.75) is 23.6 Å². The summed E-state index contributed by atoms with van der Waals surface area (Å²) in [5, 5.41) is 3.77. The Bertz CT molecular complexity index is 606. The van der Waals surface area contributed by atoms with E-state index in [0.29, 0.717) is 5.71 Å². The molecule has 0 fully saturated rings. The van der Waals surface area contributed by atoms with E-state index in [4.69, 9.17) is 0 Å². The fourth-order valence-electron chi connectivity index (χ4n) is 1.57. The molecule has 0 aliphatic carbocycles. The Labute approximate surface area is 122 Å². The van der Waals surface area contributed by atoms with Crippen LogP contribution in [0.3, 0.4) is 0 Å². The fraction of sp³-hybridized carbons (Fsp3) is 0.125. The molecule has 0 aliphatic heterocycles. The Kier molecular flexibility index (Phi) is 4.96. The maximum atomic E-state index is 10.7. The molecule has 3 nitrogen and oxygen atoms in total. The molecule has 102 valence electrons. The number of oxime groups is 1. The van der Waals surface area contributed by atoms with Gasteiger partial charge in [-0.25, -0.2) is 4.79 Å². The number of hydrogen-bond acceptors (Lipinski definition) is 4. The van der Waals surface area contributed by atoms with Gasteiger partial charge in [-0.1, -0.05) is 47.2 Å². The highest BCUT2D eigenvalue weighted by atomic mass is 32.2. The Morgan fingerprint density at radius 1 is 0.950 bits per heavy atom. The van der Waals surface area contributed by atoms with E-state index in [1.165, 1.54) is 11.8 Å². The number of nitrogens with zero attached hydrogens (tertiary/aromatic N) is 1. The van der Waals surface area contributed by atoms with Crippen molar-refractivity contribution in [2.24, 2.45) is 5.16 Å². The molecule has 0 unspecified atom stereocenters. The fourth-order valence-corrected chi connectivity index (χ4v) is 2.41. The largest absolute Gasteiger partial charge is 0.331 e. The van der Waals surface area contributed by atoms with E-state index in [2.05, 4.69) is 22.1 Å². The first-order chi connectivity index (χ1) is 9.65. The Morgan fingerprint density at radius 3 is 2.15 bits per heavy atom. The van der Waals surface area contributed by atoms with Gasteiger partial charge in [0, 0.05) is 16.7 Å². The summed E-state index contributed by atoms with van der Waals surface area (Å²) in [6, 6.07) is 18.2. The summed E-state index contributed by atoms with van der Waals surface area (Å²) in [4.78, 5) is 17.7. The summed E-state index contributed by atoms with van der Waals surface area (Å²) in [5.41, 5.74) is 1.61. The summed E-state index contributed by atoms with van der Waals surface area (Å²) < 4.78 is 0.